The molecule has 0 aliphatic heterocycles. The summed E-state index contributed by atoms with van der Waals surface area (Å²) in [5.74, 6) is -0.631. The van der Waals surface area contributed by atoms with E-state index in [0.717, 1.165) is 24.8 Å². The number of oxazole rings is 1. The molecule has 0 spiro atoms. The van der Waals surface area contributed by atoms with Crippen molar-refractivity contribution in [3.63, 3.8) is 0 Å². The van der Waals surface area contributed by atoms with Gasteiger partial charge in [-0.2, -0.15) is 0 Å². The Morgan fingerprint density at radius 2 is 2.00 bits per heavy atom. The molecule has 0 fully saturated rings. The van der Waals surface area contributed by atoms with Gasteiger partial charge in [0.25, 0.3) is 5.91 Å². The molecule has 1 aliphatic rings. The second-order valence-electron chi connectivity index (χ2n) is 7.08. The Hall–Kier alpha value is -3.41. The lowest BCUT2D eigenvalue weighted by molar-refractivity contribution is -0.150. The van der Waals surface area contributed by atoms with Crippen molar-refractivity contribution in [1.82, 2.24) is 10.3 Å². The molecule has 0 bridgehead atoms. The Balaban J connectivity index is 1.34. The van der Waals surface area contributed by atoms with Crippen molar-refractivity contribution in [2.45, 2.75) is 38.3 Å². The molecule has 0 saturated heterocycles. The number of aryl methyl sites for hydroxylation is 1. The molecule has 1 N–H and O–H groups in total. The van der Waals surface area contributed by atoms with Gasteiger partial charge in [0, 0.05) is 12.2 Å². The number of esters is 1. The number of hydrogen-bond donors (Lipinski definition) is 1. The van der Waals surface area contributed by atoms with Crippen LogP contribution in [0.25, 0.3) is 17.2 Å². The fourth-order valence-electron chi connectivity index (χ4n) is 3.56. The van der Waals surface area contributed by atoms with E-state index >= 15 is 0 Å². The average molecular weight is 390 g/mol. The number of carbonyl (C=O) groups excluding carboxylic acids is 2. The van der Waals surface area contributed by atoms with Gasteiger partial charge in [-0.05, 0) is 49.4 Å². The van der Waals surface area contributed by atoms with E-state index in [9.17, 15) is 9.59 Å². The van der Waals surface area contributed by atoms with Gasteiger partial charge in [-0.1, -0.05) is 36.4 Å². The molecule has 29 heavy (non-hydrogen) atoms. The molecule has 4 rings (SSSR count). The van der Waals surface area contributed by atoms with Crippen LogP contribution in [0.3, 0.4) is 0 Å². The molecule has 2 aromatic carbocycles. The van der Waals surface area contributed by atoms with E-state index in [-0.39, 0.29) is 11.9 Å². The Labute approximate surface area is 168 Å². The first-order valence-corrected chi connectivity index (χ1v) is 9.72. The fourth-order valence-corrected chi connectivity index (χ4v) is 3.56. The van der Waals surface area contributed by atoms with Crippen molar-refractivity contribution in [2.75, 3.05) is 0 Å². The highest BCUT2D eigenvalue weighted by molar-refractivity contribution is 5.90. The molecule has 3 aromatic rings. The summed E-state index contributed by atoms with van der Waals surface area (Å²) in [7, 11) is 0. The Bertz CT molecular complexity index is 1040. The first kappa shape index (κ1) is 18.9. The van der Waals surface area contributed by atoms with Crippen molar-refractivity contribution in [2.24, 2.45) is 0 Å². The minimum absolute atomic E-state index is 0.0520. The number of carbonyl (C=O) groups is 2. The van der Waals surface area contributed by atoms with Gasteiger partial charge in [-0.3, -0.25) is 4.79 Å². The molecule has 148 valence electrons. The summed E-state index contributed by atoms with van der Waals surface area (Å²) in [6.45, 7) is 1.56. The third kappa shape index (κ3) is 4.37. The molecule has 0 saturated carbocycles. The van der Waals surface area contributed by atoms with Crippen LogP contribution in [0.5, 0.6) is 0 Å². The van der Waals surface area contributed by atoms with Crippen LogP contribution in [0.1, 0.15) is 42.8 Å². The molecular formula is C23H22N2O4. The molecule has 6 nitrogen and oxygen atoms in total. The van der Waals surface area contributed by atoms with E-state index in [4.69, 9.17) is 9.15 Å². The van der Waals surface area contributed by atoms with E-state index in [1.165, 1.54) is 17.7 Å². The lowest BCUT2D eigenvalue weighted by Crippen LogP contribution is -2.39. The van der Waals surface area contributed by atoms with Crippen molar-refractivity contribution in [3.05, 3.63) is 71.6 Å². The third-order valence-electron chi connectivity index (χ3n) is 5.02. The first-order chi connectivity index (χ1) is 14.1. The van der Waals surface area contributed by atoms with Gasteiger partial charge in [0.2, 0.25) is 5.89 Å². The largest absolute Gasteiger partial charge is 0.449 e. The molecule has 1 amide bonds. The van der Waals surface area contributed by atoms with Crippen LogP contribution in [0, 0.1) is 0 Å². The number of nitrogens with one attached hydrogen (secondary N) is 1. The minimum Gasteiger partial charge on any atom is -0.449 e. The summed E-state index contributed by atoms with van der Waals surface area (Å²) in [6, 6.07) is 15.4. The van der Waals surface area contributed by atoms with Crippen molar-refractivity contribution >= 4 is 29.1 Å². The number of amides is 1. The molecular weight excluding hydrogens is 368 g/mol. The van der Waals surface area contributed by atoms with Gasteiger partial charge in [-0.15, -0.1) is 0 Å². The summed E-state index contributed by atoms with van der Waals surface area (Å²) >= 11 is 0. The topological polar surface area (TPSA) is 81.4 Å². The molecule has 0 radical (unpaired) electrons. The Kier molecular flexibility index (Phi) is 5.42. The predicted molar refractivity (Wildman–Crippen MR) is 109 cm³/mol. The maximum Gasteiger partial charge on any atom is 0.331 e. The number of hydrogen-bond acceptors (Lipinski definition) is 5. The van der Waals surface area contributed by atoms with Crippen LogP contribution < -0.4 is 5.32 Å². The lowest BCUT2D eigenvalue weighted by atomic mass is 9.87. The zero-order valence-corrected chi connectivity index (χ0v) is 16.1. The number of benzene rings is 2. The van der Waals surface area contributed by atoms with Crippen LogP contribution in [-0.2, 0) is 20.7 Å². The average Bonchev–Trinajstić information content (AvgIpc) is 3.15. The van der Waals surface area contributed by atoms with Gasteiger partial charge in [-0.25, -0.2) is 9.78 Å². The zero-order chi connectivity index (χ0) is 20.2. The maximum absolute atomic E-state index is 12.5. The molecule has 1 aromatic heterocycles. The normalized spacial score (nSPS) is 17.1. The van der Waals surface area contributed by atoms with Crippen LogP contribution in [0.2, 0.25) is 0 Å². The first-order valence-electron chi connectivity index (χ1n) is 9.72. The second kappa shape index (κ2) is 8.31. The van der Waals surface area contributed by atoms with Gasteiger partial charge < -0.3 is 14.5 Å². The summed E-state index contributed by atoms with van der Waals surface area (Å²) in [5.41, 5.74) is 3.75. The van der Waals surface area contributed by atoms with E-state index in [2.05, 4.69) is 16.4 Å². The molecule has 6 heteroatoms. The Morgan fingerprint density at radius 1 is 1.21 bits per heavy atom. The summed E-state index contributed by atoms with van der Waals surface area (Å²) in [6.07, 6.45) is 4.66. The zero-order valence-electron chi connectivity index (χ0n) is 16.1. The Morgan fingerprint density at radius 3 is 2.86 bits per heavy atom. The molecule has 2 atom stereocenters. The second-order valence-corrected chi connectivity index (χ2v) is 7.08. The van der Waals surface area contributed by atoms with E-state index < -0.39 is 12.1 Å². The van der Waals surface area contributed by atoms with Gasteiger partial charge in [0.05, 0.1) is 6.04 Å². The highest BCUT2D eigenvalue weighted by Crippen LogP contribution is 2.29. The lowest BCUT2D eigenvalue weighted by Gasteiger charge is -2.27. The van der Waals surface area contributed by atoms with E-state index in [1.54, 1.807) is 13.0 Å². The number of fused-ring (bicyclic) bond motifs is 2. The van der Waals surface area contributed by atoms with Crippen molar-refractivity contribution in [1.29, 1.82) is 0 Å². The number of ether oxygens (including phenoxy) is 1. The smallest absolute Gasteiger partial charge is 0.331 e. The van der Waals surface area contributed by atoms with Crippen molar-refractivity contribution < 1.29 is 18.7 Å². The fraction of sp³-hybridized carbons (Fsp3) is 0.261. The minimum atomic E-state index is -0.898. The summed E-state index contributed by atoms with van der Waals surface area (Å²) < 4.78 is 10.7. The van der Waals surface area contributed by atoms with Crippen LogP contribution >= 0.6 is 0 Å². The van der Waals surface area contributed by atoms with Gasteiger partial charge in [0.15, 0.2) is 11.7 Å². The number of nitrogens with zero attached hydrogens (tertiary/aromatic N) is 1. The SMILES string of the molecule is C[C@@H](OC(=O)/C=C/c1nc2ccccc2o1)C(=O)N[C@@H]1CCCc2ccccc21. The van der Waals surface area contributed by atoms with Crippen molar-refractivity contribution in [3.8, 4) is 0 Å². The molecule has 0 unspecified atom stereocenters. The molecule has 1 aliphatic carbocycles. The molecule has 1 heterocycles. The van der Waals surface area contributed by atoms with Crippen LogP contribution in [-0.4, -0.2) is 23.0 Å². The summed E-state index contributed by atoms with van der Waals surface area (Å²) in [5, 5.41) is 3.00. The monoisotopic (exact) mass is 390 g/mol. The highest BCUT2D eigenvalue weighted by atomic mass is 16.5. The number of rotatable bonds is 5. The van der Waals surface area contributed by atoms with Crippen LogP contribution in [0.15, 0.2) is 59.0 Å². The maximum atomic E-state index is 12.5. The van der Waals surface area contributed by atoms with Crippen LogP contribution in [0.4, 0.5) is 0 Å². The quantitative estimate of drug-likeness (QED) is 0.527. The standard InChI is InChI=1S/C23H22N2O4/c1-15(23(27)25-18-11-6-8-16-7-2-3-9-17(16)18)28-22(26)14-13-21-24-19-10-4-5-12-20(19)29-21/h2-5,7,9-10,12-15,18H,6,8,11H2,1H3,(H,25,27)/b14-13+/t15-,18-/m1/s1. The predicted octanol–water partition coefficient (Wildman–Crippen LogP) is 3.97. The summed E-state index contributed by atoms with van der Waals surface area (Å²) in [4.78, 5) is 28.8. The number of para-hydroxylation sites is 2. The number of aromatic nitrogens is 1. The highest BCUT2D eigenvalue weighted by Gasteiger charge is 2.24. The third-order valence-corrected chi connectivity index (χ3v) is 5.02. The van der Waals surface area contributed by atoms with E-state index in [1.807, 2.05) is 36.4 Å². The van der Waals surface area contributed by atoms with Gasteiger partial charge >= 0.3 is 5.97 Å². The van der Waals surface area contributed by atoms with Gasteiger partial charge in [0.1, 0.15) is 5.52 Å². The van der Waals surface area contributed by atoms with E-state index in [0.29, 0.717) is 17.0 Å².